The van der Waals surface area contributed by atoms with Gasteiger partial charge in [0.25, 0.3) is 0 Å². The van der Waals surface area contributed by atoms with Crippen molar-refractivity contribution in [1.29, 1.82) is 0 Å². The number of amides is 1. The minimum absolute atomic E-state index is 0.0196. The third kappa shape index (κ3) is 2.14. The smallest absolute Gasteiger partial charge is 0.230 e. The second-order valence-electron chi connectivity index (χ2n) is 5.53. The highest BCUT2D eigenvalue weighted by molar-refractivity contribution is 5.83. The first kappa shape index (κ1) is 13.1. The van der Waals surface area contributed by atoms with Crippen LogP contribution in [0.15, 0.2) is 12.4 Å². The van der Waals surface area contributed by atoms with Crippen molar-refractivity contribution < 1.29 is 4.79 Å². The van der Waals surface area contributed by atoms with Crippen molar-refractivity contribution >= 4 is 5.91 Å². The Bertz CT molecular complexity index is 442. The van der Waals surface area contributed by atoms with Crippen molar-refractivity contribution in [2.45, 2.75) is 38.8 Å². The van der Waals surface area contributed by atoms with E-state index in [1.165, 1.54) is 0 Å². The summed E-state index contributed by atoms with van der Waals surface area (Å²) in [6, 6.07) is -0.0196. The van der Waals surface area contributed by atoms with Crippen molar-refractivity contribution in [3.63, 3.8) is 0 Å². The Hall–Kier alpha value is -1.36. The standard InChI is InChI=1S/C13H22N4O/c1-13(6-4-5-10(13)14)12(18)17(3)9-11-15-7-8-16(11)2/h7-8,10H,4-6,9,14H2,1-3H3. The van der Waals surface area contributed by atoms with E-state index in [0.29, 0.717) is 6.54 Å². The van der Waals surface area contributed by atoms with Crippen LogP contribution >= 0.6 is 0 Å². The van der Waals surface area contributed by atoms with Gasteiger partial charge in [0, 0.05) is 32.5 Å². The highest BCUT2D eigenvalue weighted by atomic mass is 16.2. The molecule has 0 saturated heterocycles. The molecule has 2 N–H and O–H groups in total. The second kappa shape index (κ2) is 4.72. The van der Waals surface area contributed by atoms with Crippen LogP contribution in [-0.2, 0) is 18.4 Å². The Morgan fingerprint density at radius 2 is 2.44 bits per heavy atom. The SMILES string of the molecule is CN(Cc1nccn1C)C(=O)C1(C)CCCC1N. The number of carbonyl (C=O) groups is 1. The van der Waals surface area contributed by atoms with Gasteiger partial charge in [0.2, 0.25) is 5.91 Å². The van der Waals surface area contributed by atoms with E-state index in [4.69, 9.17) is 5.73 Å². The highest BCUT2D eigenvalue weighted by Gasteiger charge is 2.44. The molecule has 0 radical (unpaired) electrons. The van der Waals surface area contributed by atoms with E-state index in [1.54, 1.807) is 11.1 Å². The fourth-order valence-electron chi connectivity index (χ4n) is 2.73. The van der Waals surface area contributed by atoms with Crippen molar-refractivity contribution in [3.8, 4) is 0 Å². The summed E-state index contributed by atoms with van der Waals surface area (Å²) in [6.07, 6.45) is 6.50. The number of hydrogen-bond acceptors (Lipinski definition) is 3. The monoisotopic (exact) mass is 250 g/mol. The lowest BCUT2D eigenvalue weighted by atomic mass is 9.83. The molecule has 1 aromatic rings. The molecule has 0 bridgehead atoms. The van der Waals surface area contributed by atoms with Gasteiger partial charge in [-0.1, -0.05) is 6.42 Å². The van der Waals surface area contributed by atoms with Gasteiger partial charge in [-0.05, 0) is 19.8 Å². The number of aromatic nitrogens is 2. The lowest BCUT2D eigenvalue weighted by Crippen LogP contribution is -2.47. The predicted molar refractivity (Wildman–Crippen MR) is 69.6 cm³/mol. The van der Waals surface area contributed by atoms with Crippen LogP contribution in [0.25, 0.3) is 0 Å². The average molecular weight is 250 g/mol. The fourth-order valence-corrected chi connectivity index (χ4v) is 2.73. The van der Waals surface area contributed by atoms with E-state index in [2.05, 4.69) is 4.98 Å². The number of carbonyl (C=O) groups excluding carboxylic acids is 1. The molecule has 18 heavy (non-hydrogen) atoms. The molecule has 5 heteroatoms. The molecule has 0 spiro atoms. The third-order valence-corrected chi connectivity index (χ3v) is 4.16. The van der Waals surface area contributed by atoms with Crippen molar-refractivity contribution in [3.05, 3.63) is 18.2 Å². The number of rotatable bonds is 3. The quantitative estimate of drug-likeness (QED) is 0.866. The molecular formula is C13H22N4O. The molecule has 2 rings (SSSR count). The van der Waals surface area contributed by atoms with Gasteiger partial charge in [-0.25, -0.2) is 4.98 Å². The molecule has 1 aliphatic carbocycles. The lowest BCUT2D eigenvalue weighted by molar-refractivity contribution is -0.140. The minimum Gasteiger partial charge on any atom is -0.338 e. The van der Waals surface area contributed by atoms with Crippen LogP contribution in [0.3, 0.4) is 0 Å². The molecule has 1 heterocycles. The molecule has 100 valence electrons. The largest absolute Gasteiger partial charge is 0.338 e. The number of aryl methyl sites for hydroxylation is 1. The third-order valence-electron chi connectivity index (χ3n) is 4.16. The fraction of sp³-hybridized carbons (Fsp3) is 0.692. The van der Waals surface area contributed by atoms with E-state index in [1.807, 2.05) is 31.8 Å². The maximum atomic E-state index is 12.5. The molecular weight excluding hydrogens is 228 g/mol. The molecule has 1 amide bonds. The maximum absolute atomic E-state index is 12.5. The lowest BCUT2D eigenvalue weighted by Gasteiger charge is -2.32. The minimum atomic E-state index is -0.403. The van der Waals surface area contributed by atoms with E-state index >= 15 is 0 Å². The van der Waals surface area contributed by atoms with Crippen LogP contribution in [-0.4, -0.2) is 33.4 Å². The van der Waals surface area contributed by atoms with Gasteiger partial charge in [-0.2, -0.15) is 0 Å². The van der Waals surface area contributed by atoms with E-state index in [-0.39, 0.29) is 11.9 Å². The van der Waals surface area contributed by atoms with Gasteiger partial charge in [-0.15, -0.1) is 0 Å². The first-order valence-corrected chi connectivity index (χ1v) is 6.42. The van der Waals surface area contributed by atoms with Crippen molar-refractivity contribution in [2.24, 2.45) is 18.2 Å². The summed E-state index contributed by atoms with van der Waals surface area (Å²) < 4.78 is 1.93. The molecule has 1 fully saturated rings. The Balaban J connectivity index is 2.07. The van der Waals surface area contributed by atoms with Crippen LogP contribution < -0.4 is 5.73 Å². The van der Waals surface area contributed by atoms with Gasteiger partial charge in [0.15, 0.2) is 0 Å². The summed E-state index contributed by atoms with van der Waals surface area (Å²) in [5.41, 5.74) is 5.68. The number of hydrogen-bond donors (Lipinski definition) is 1. The van der Waals surface area contributed by atoms with E-state index in [0.717, 1.165) is 25.1 Å². The summed E-state index contributed by atoms with van der Waals surface area (Å²) >= 11 is 0. The zero-order valence-electron chi connectivity index (χ0n) is 11.4. The molecule has 1 aliphatic rings. The van der Waals surface area contributed by atoms with Gasteiger partial charge in [0.1, 0.15) is 5.82 Å². The summed E-state index contributed by atoms with van der Waals surface area (Å²) in [4.78, 5) is 18.5. The van der Waals surface area contributed by atoms with E-state index in [9.17, 15) is 4.79 Å². The van der Waals surface area contributed by atoms with Gasteiger partial charge < -0.3 is 15.2 Å². The topological polar surface area (TPSA) is 64.2 Å². The molecule has 1 saturated carbocycles. The molecule has 0 aromatic carbocycles. The Labute approximate surface area is 108 Å². The van der Waals surface area contributed by atoms with Crippen molar-refractivity contribution in [1.82, 2.24) is 14.5 Å². The van der Waals surface area contributed by atoms with Crippen LogP contribution in [0.1, 0.15) is 32.0 Å². The number of nitrogens with two attached hydrogens (primary N) is 1. The highest BCUT2D eigenvalue weighted by Crippen LogP contribution is 2.38. The molecule has 0 aliphatic heterocycles. The molecule has 2 unspecified atom stereocenters. The second-order valence-corrected chi connectivity index (χ2v) is 5.53. The first-order valence-electron chi connectivity index (χ1n) is 6.42. The van der Waals surface area contributed by atoms with Crippen LogP contribution in [0.5, 0.6) is 0 Å². The van der Waals surface area contributed by atoms with Gasteiger partial charge in [0.05, 0.1) is 12.0 Å². The normalized spacial score (nSPS) is 27.4. The first-order chi connectivity index (χ1) is 8.45. The molecule has 2 atom stereocenters. The van der Waals surface area contributed by atoms with Crippen LogP contribution in [0.4, 0.5) is 0 Å². The zero-order chi connectivity index (χ0) is 13.3. The summed E-state index contributed by atoms with van der Waals surface area (Å²) in [7, 11) is 3.76. The Kier molecular flexibility index (Phi) is 3.43. The Morgan fingerprint density at radius 3 is 2.94 bits per heavy atom. The maximum Gasteiger partial charge on any atom is 0.230 e. The zero-order valence-corrected chi connectivity index (χ0v) is 11.4. The van der Waals surface area contributed by atoms with Gasteiger partial charge >= 0.3 is 0 Å². The van der Waals surface area contributed by atoms with Crippen molar-refractivity contribution in [2.75, 3.05) is 7.05 Å². The predicted octanol–water partition coefficient (Wildman–Crippen LogP) is 0.896. The summed E-state index contributed by atoms with van der Waals surface area (Å²) in [5.74, 6) is 1.02. The molecule has 1 aromatic heterocycles. The number of nitrogens with zero attached hydrogens (tertiary/aromatic N) is 3. The van der Waals surface area contributed by atoms with Gasteiger partial charge in [-0.3, -0.25) is 4.79 Å². The number of imidazole rings is 1. The Morgan fingerprint density at radius 1 is 1.72 bits per heavy atom. The van der Waals surface area contributed by atoms with Crippen LogP contribution in [0, 0.1) is 5.41 Å². The summed E-state index contributed by atoms with van der Waals surface area (Å²) in [6.45, 7) is 2.52. The molecule has 5 nitrogen and oxygen atoms in total. The van der Waals surface area contributed by atoms with Crippen LogP contribution in [0.2, 0.25) is 0 Å². The average Bonchev–Trinajstić information content (AvgIpc) is 2.87. The van der Waals surface area contributed by atoms with E-state index < -0.39 is 5.41 Å². The summed E-state index contributed by atoms with van der Waals surface area (Å²) in [5, 5.41) is 0.